The number of carbonyl (C=O) groups is 2. The van der Waals surface area contributed by atoms with Crippen molar-refractivity contribution >= 4 is 22.8 Å². The van der Waals surface area contributed by atoms with Gasteiger partial charge in [0.1, 0.15) is 6.54 Å². The average Bonchev–Trinajstić information content (AvgIpc) is 2.77. The topological polar surface area (TPSA) is 95.1 Å². The number of aromatic amines is 1. The first-order valence-electron chi connectivity index (χ1n) is 5.34. The number of benzene rings is 1. The van der Waals surface area contributed by atoms with Crippen LogP contribution in [0.4, 0.5) is 13.2 Å². The molecule has 6 nitrogen and oxygen atoms in total. The minimum absolute atomic E-state index is 0.0937. The Morgan fingerprint density at radius 2 is 2.05 bits per heavy atom. The predicted molar refractivity (Wildman–Crippen MR) is 61.4 cm³/mol. The van der Waals surface area contributed by atoms with Crippen LogP contribution in [0.25, 0.3) is 10.9 Å². The Balaban J connectivity index is 2.32. The van der Waals surface area contributed by atoms with Gasteiger partial charge in [0.15, 0.2) is 5.69 Å². The molecule has 2 aromatic rings. The first-order valence-corrected chi connectivity index (χ1v) is 5.34. The van der Waals surface area contributed by atoms with E-state index in [0.29, 0.717) is 5.52 Å². The van der Waals surface area contributed by atoms with E-state index < -0.39 is 24.6 Å². The largest absolute Gasteiger partial charge is 0.478 e. The summed E-state index contributed by atoms with van der Waals surface area (Å²) in [5.74, 6) is -2.24. The summed E-state index contributed by atoms with van der Waals surface area (Å²) in [6, 6.07) is 3.84. The van der Waals surface area contributed by atoms with E-state index >= 15 is 0 Å². The van der Waals surface area contributed by atoms with Crippen molar-refractivity contribution in [3.63, 3.8) is 0 Å². The highest BCUT2D eigenvalue weighted by Crippen LogP contribution is 2.18. The molecule has 0 fully saturated rings. The van der Waals surface area contributed by atoms with Crippen LogP contribution >= 0.6 is 0 Å². The van der Waals surface area contributed by atoms with E-state index in [1.54, 1.807) is 5.32 Å². The van der Waals surface area contributed by atoms with Crippen molar-refractivity contribution in [2.75, 3.05) is 6.54 Å². The second kappa shape index (κ2) is 4.83. The third kappa shape index (κ3) is 2.87. The summed E-state index contributed by atoms with van der Waals surface area (Å²) in [6.07, 6.45) is -4.53. The second-order valence-electron chi connectivity index (χ2n) is 3.94. The Morgan fingerprint density at radius 1 is 1.35 bits per heavy atom. The Kier molecular flexibility index (Phi) is 3.35. The summed E-state index contributed by atoms with van der Waals surface area (Å²) in [7, 11) is 0. The molecular formula is C11H8F3N3O3. The van der Waals surface area contributed by atoms with Crippen LogP contribution in [0.1, 0.15) is 20.8 Å². The SMILES string of the molecule is O=C(O)c1ccc2[nH]nc(C(=O)NCC(F)(F)F)c2c1. The van der Waals surface area contributed by atoms with Crippen molar-refractivity contribution in [1.29, 1.82) is 0 Å². The fraction of sp³-hybridized carbons (Fsp3) is 0.182. The highest BCUT2D eigenvalue weighted by molar-refractivity contribution is 6.06. The number of nitrogens with zero attached hydrogens (tertiary/aromatic N) is 1. The van der Waals surface area contributed by atoms with E-state index in [2.05, 4.69) is 10.2 Å². The van der Waals surface area contributed by atoms with Gasteiger partial charge in [-0.1, -0.05) is 0 Å². The van der Waals surface area contributed by atoms with E-state index in [1.165, 1.54) is 18.2 Å². The van der Waals surface area contributed by atoms with E-state index in [4.69, 9.17) is 5.11 Å². The van der Waals surface area contributed by atoms with Crippen LogP contribution in [0.2, 0.25) is 0 Å². The van der Waals surface area contributed by atoms with Crippen molar-refractivity contribution in [1.82, 2.24) is 15.5 Å². The molecule has 3 N–H and O–H groups in total. The maximum atomic E-state index is 12.0. The Bertz CT molecular complexity index is 678. The molecule has 1 aromatic carbocycles. The summed E-state index contributed by atoms with van der Waals surface area (Å²) >= 11 is 0. The minimum atomic E-state index is -4.53. The van der Waals surface area contributed by atoms with Gasteiger partial charge in [-0.25, -0.2) is 4.79 Å². The van der Waals surface area contributed by atoms with Gasteiger partial charge in [0.05, 0.1) is 11.1 Å². The third-order valence-corrected chi connectivity index (χ3v) is 2.47. The van der Waals surface area contributed by atoms with Crippen LogP contribution in [-0.2, 0) is 0 Å². The molecule has 0 atom stereocenters. The molecule has 0 aliphatic heterocycles. The maximum absolute atomic E-state index is 12.0. The monoisotopic (exact) mass is 287 g/mol. The van der Waals surface area contributed by atoms with E-state index in [-0.39, 0.29) is 16.6 Å². The summed E-state index contributed by atoms with van der Waals surface area (Å²) in [4.78, 5) is 22.4. The zero-order valence-electron chi connectivity index (χ0n) is 9.78. The molecule has 0 bridgehead atoms. The number of rotatable bonds is 3. The molecule has 2 rings (SSSR count). The maximum Gasteiger partial charge on any atom is 0.405 e. The highest BCUT2D eigenvalue weighted by atomic mass is 19.4. The third-order valence-electron chi connectivity index (χ3n) is 2.47. The molecule has 1 amide bonds. The van der Waals surface area contributed by atoms with Crippen LogP contribution in [0, 0.1) is 0 Å². The highest BCUT2D eigenvalue weighted by Gasteiger charge is 2.28. The molecule has 9 heteroatoms. The number of hydrogen-bond donors (Lipinski definition) is 3. The van der Waals surface area contributed by atoms with Gasteiger partial charge < -0.3 is 10.4 Å². The molecule has 106 valence electrons. The number of aromatic nitrogens is 2. The number of carboxylic acids is 1. The second-order valence-corrected chi connectivity index (χ2v) is 3.94. The lowest BCUT2D eigenvalue weighted by Gasteiger charge is -2.06. The molecule has 1 aromatic heterocycles. The number of hydrogen-bond acceptors (Lipinski definition) is 3. The Labute approximate surface area is 109 Å². The van der Waals surface area contributed by atoms with Crippen LogP contribution in [0.5, 0.6) is 0 Å². The molecule has 0 unspecified atom stereocenters. The molecule has 0 aliphatic carbocycles. The standard InChI is InChI=1S/C11H8F3N3O3/c12-11(13,14)4-15-9(18)8-6-3-5(10(19)20)1-2-7(6)16-17-8/h1-3H,4H2,(H,15,18)(H,16,17)(H,19,20). The molecule has 0 aliphatic rings. The minimum Gasteiger partial charge on any atom is -0.478 e. The van der Waals surface area contributed by atoms with Gasteiger partial charge in [0, 0.05) is 5.39 Å². The molecule has 0 spiro atoms. The average molecular weight is 287 g/mol. The van der Waals surface area contributed by atoms with Crippen LogP contribution in [-0.4, -0.2) is 39.9 Å². The van der Waals surface area contributed by atoms with Gasteiger partial charge in [0.2, 0.25) is 0 Å². The van der Waals surface area contributed by atoms with Crippen molar-refractivity contribution in [2.45, 2.75) is 6.18 Å². The number of fused-ring (bicyclic) bond motifs is 1. The van der Waals surface area contributed by atoms with Gasteiger partial charge in [0.25, 0.3) is 5.91 Å². The number of nitrogens with one attached hydrogen (secondary N) is 2. The smallest absolute Gasteiger partial charge is 0.405 e. The van der Waals surface area contributed by atoms with Gasteiger partial charge in [-0.15, -0.1) is 0 Å². The van der Waals surface area contributed by atoms with E-state index in [1.807, 2.05) is 0 Å². The normalized spacial score (nSPS) is 11.6. The number of carbonyl (C=O) groups excluding carboxylic acids is 1. The summed E-state index contributed by atoms with van der Waals surface area (Å²) < 4.78 is 36.1. The number of H-pyrrole nitrogens is 1. The number of aromatic carboxylic acids is 1. The molecule has 0 saturated heterocycles. The van der Waals surface area contributed by atoms with E-state index in [9.17, 15) is 22.8 Å². The zero-order valence-corrected chi connectivity index (χ0v) is 9.78. The van der Waals surface area contributed by atoms with E-state index in [0.717, 1.165) is 0 Å². The Hall–Kier alpha value is -2.58. The first-order chi connectivity index (χ1) is 9.28. The first kappa shape index (κ1) is 13.8. The van der Waals surface area contributed by atoms with Gasteiger partial charge in [-0.3, -0.25) is 9.89 Å². The van der Waals surface area contributed by atoms with Crippen LogP contribution in [0.15, 0.2) is 18.2 Å². The lowest BCUT2D eigenvalue weighted by atomic mass is 10.1. The summed E-state index contributed by atoms with van der Waals surface area (Å²) in [5, 5.41) is 16.7. The molecular weight excluding hydrogens is 279 g/mol. The van der Waals surface area contributed by atoms with Crippen LogP contribution in [0.3, 0.4) is 0 Å². The molecule has 0 saturated carbocycles. The summed E-state index contributed by atoms with van der Waals surface area (Å²) in [5.41, 5.74) is -0.0247. The van der Waals surface area contributed by atoms with Crippen molar-refractivity contribution in [3.8, 4) is 0 Å². The fourth-order valence-electron chi connectivity index (χ4n) is 1.58. The molecule has 0 radical (unpaired) electrons. The van der Waals surface area contributed by atoms with Gasteiger partial charge >= 0.3 is 12.1 Å². The number of halogens is 3. The van der Waals surface area contributed by atoms with Crippen molar-refractivity contribution in [2.24, 2.45) is 0 Å². The molecule has 1 heterocycles. The van der Waals surface area contributed by atoms with Crippen molar-refractivity contribution < 1.29 is 27.9 Å². The van der Waals surface area contributed by atoms with Gasteiger partial charge in [-0.2, -0.15) is 18.3 Å². The number of carboxylic acid groups (broad SMARTS) is 1. The number of amides is 1. The predicted octanol–water partition coefficient (Wildman–Crippen LogP) is 1.55. The quantitative estimate of drug-likeness (QED) is 0.798. The van der Waals surface area contributed by atoms with Gasteiger partial charge in [-0.05, 0) is 18.2 Å². The number of alkyl halides is 3. The lowest BCUT2D eigenvalue weighted by molar-refractivity contribution is -0.123. The summed E-state index contributed by atoms with van der Waals surface area (Å²) in [6.45, 7) is -1.49. The fourth-order valence-corrected chi connectivity index (χ4v) is 1.58. The Morgan fingerprint density at radius 3 is 2.65 bits per heavy atom. The lowest BCUT2D eigenvalue weighted by Crippen LogP contribution is -2.34. The van der Waals surface area contributed by atoms with Crippen molar-refractivity contribution in [3.05, 3.63) is 29.5 Å². The molecule has 20 heavy (non-hydrogen) atoms. The zero-order chi connectivity index (χ0) is 14.9. The van der Waals surface area contributed by atoms with Crippen LogP contribution < -0.4 is 5.32 Å².